The number of methoxy groups -OCH3 is 1. The van der Waals surface area contributed by atoms with Crippen LogP contribution in [0.1, 0.15) is 25.8 Å². The van der Waals surface area contributed by atoms with Crippen LogP contribution in [0.25, 0.3) is 11.1 Å². The monoisotopic (exact) mass is 361 g/mol. The first kappa shape index (κ1) is 18.3. The van der Waals surface area contributed by atoms with Gasteiger partial charge in [0.2, 0.25) is 0 Å². The van der Waals surface area contributed by atoms with E-state index in [4.69, 9.17) is 10.5 Å². The Morgan fingerprint density at radius 2 is 1.82 bits per heavy atom. The third-order valence-electron chi connectivity index (χ3n) is 3.13. The quantitative estimate of drug-likeness (QED) is 0.547. The molecule has 0 bridgehead atoms. The molecule has 0 atom stereocenters. The van der Waals surface area contributed by atoms with Crippen molar-refractivity contribution in [2.24, 2.45) is 0 Å². The highest BCUT2D eigenvalue weighted by molar-refractivity contribution is 9.10. The molecule has 0 saturated heterocycles. The molecule has 0 spiro atoms. The molecule has 0 aliphatic rings. The SMILES string of the molecule is C=CC.CCCc1cc(Br)c(N)c(-c2ccc(OC)cc2)c1. The number of hydrogen-bond acceptors (Lipinski definition) is 2. The van der Waals surface area contributed by atoms with Gasteiger partial charge in [-0.25, -0.2) is 0 Å². The first-order chi connectivity index (χ1) is 10.6. The molecule has 0 aliphatic carbocycles. The van der Waals surface area contributed by atoms with Crippen LogP contribution < -0.4 is 10.5 Å². The van der Waals surface area contributed by atoms with Crippen LogP contribution in [0, 0.1) is 0 Å². The van der Waals surface area contributed by atoms with E-state index in [9.17, 15) is 0 Å². The van der Waals surface area contributed by atoms with Gasteiger partial charge in [-0.2, -0.15) is 0 Å². The lowest BCUT2D eigenvalue weighted by molar-refractivity contribution is 0.415. The van der Waals surface area contributed by atoms with Crippen LogP contribution in [-0.4, -0.2) is 7.11 Å². The predicted octanol–water partition coefficient (Wildman–Crippen LogP) is 5.85. The van der Waals surface area contributed by atoms with E-state index in [1.807, 2.05) is 31.2 Å². The Bertz CT molecular complexity index is 606. The lowest BCUT2D eigenvalue weighted by Gasteiger charge is -2.11. The summed E-state index contributed by atoms with van der Waals surface area (Å²) in [5.41, 5.74) is 10.4. The van der Waals surface area contributed by atoms with E-state index in [0.29, 0.717) is 0 Å². The Labute approximate surface area is 142 Å². The van der Waals surface area contributed by atoms with Crippen LogP contribution in [0.15, 0.2) is 53.5 Å². The van der Waals surface area contributed by atoms with Gasteiger partial charge in [0, 0.05) is 10.0 Å². The van der Waals surface area contributed by atoms with Crippen LogP contribution in [0.4, 0.5) is 5.69 Å². The zero-order valence-electron chi connectivity index (χ0n) is 13.5. The zero-order valence-corrected chi connectivity index (χ0v) is 15.1. The van der Waals surface area contributed by atoms with Gasteiger partial charge in [-0.3, -0.25) is 0 Å². The van der Waals surface area contributed by atoms with E-state index >= 15 is 0 Å². The predicted molar refractivity (Wildman–Crippen MR) is 100 cm³/mol. The summed E-state index contributed by atoms with van der Waals surface area (Å²) in [7, 11) is 1.67. The Hall–Kier alpha value is -1.74. The van der Waals surface area contributed by atoms with Gasteiger partial charge >= 0.3 is 0 Å². The Morgan fingerprint density at radius 3 is 2.32 bits per heavy atom. The van der Waals surface area contributed by atoms with Gasteiger partial charge in [-0.15, -0.1) is 6.58 Å². The molecule has 118 valence electrons. The van der Waals surface area contributed by atoms with Crippen molar-refractivity contribution in [2.75, 3.05) is 12.8 Å². The van der Waals surface area contributed by atoms with Crippen LogP contribution in [0.2, 0.25) is 0 Å². The number of aryl methyl sites for hydroxylation is 1. The summed E-state index contributed by atoms with van der Waals surface area (Å²) < 4.78 is 6.14. The number of hydrogen-bond donors (Lipinski definition) is 1. The summed E-state index contributed by atoms with van der Waals surface area (Å²) in [5.74, 6) is 0.853. The van der Waals surface area contributed by atoms with Gasteiger partial charge in [-0.05, 0) is 64.7 Å². The Morgan fingerprint density at radius 1 is 1.23 bits per heavy atom. The summed E-state index contributed by atoms with van der Waals surface area (Å²) in [6.07, 6.45) is 3.93. The third-order valence-corrected chi connectivity index (χ3v) is 3.79. The molecular weight excluding hydrogens is 338 g/mol. The standard InChI is InChI=1S/C16H18BrNO.C3H6/c1-3-4-11-9-14(16(18)15(17)10-11)12-5-7-13(19-2)8-6-12;1-3-2/h5-10H,3-4,18H2,1-2H3;3H,1H2,2H3. The first-order valence-corrected chi connectivity index (χ1v) is 8.16. The molecule has 0 amide bonds. The van der Waals surface area contributed by atoms with Crippen molar-refractivity contribution in [3.05, 3.63) is 59.1 Å². The number of nitrogen functional groups attached to an aromatic ring is 1. The van der Waals surface area contributed by atoms with Crippen molar-refractivity contribution < 1.29 is 4.74 Å². The van der Waals surface area contributed by atoms with Crippen LogP contribution in [0.5, 0.6) is 5.75 Å². The molecule has 3 heteroatoms. The lowest BCUT2D eigenvalue weighted by atomic mass is 9.99. The first-order valence-electron chi connectivity index (χ1n) is 7.36. The van der Waals surface area contributed by atoms with Crippen LogP contribution in [0.3, 0.4) is 0 Å². The number of halogens is 1. The van der Waals surface area contributed by atoms with Gasteiger partial charge in [0.25, 0.3) is 0 Å². The molecule has 2 nitrogen and oxygen atoms in total. The fraction of sp³-hybridized carbons (Fsp3) is 0.263. The van der Waals surface area contributed by atoms with E-state index in [-0.39, 0.29) is 0 Å². The third kappa shape index (κ3) is 4.92. The molecule has 2 aromatic carbocycles. The average Bonchev–Trinajstić information content (AvgIpc) is 2.52. The number of rotatable bonds is 4. The summed E-state index contributed by atoms with van der Waals surface area (Å²) >= 11 is 3.54. The minimum absolute atomic E-state index is 0.782. The van der Waals surface area contributed by atoms with E-state index in [0.717, 1.165) is 39.9 Å². The zero-order chi connectivity index (χ0) is 16.5. The highest BCUT2D eigenvalue weighted by Crippen LogP contribution is 2.34. The highest BCUT2D eigenvalue weighted by atomic mass is 79.9. The molecule has 0 heterocycles. The number of benzene rings is 2. The minimum Gasteiger partial charge on any atom is -0.497 e. The van der Waals surface area contributed by atoms with Crippen molar-refractivity contribution in [2.45, 2.75) is 26.7 Å². The summed E-state index contributed by atoms with van der Waals surface area (Å²) in [6.45, 7) is 7.43. The van der Waals surface area contributed by atoms with Crippen molar-refractivity contribution in [3.8, 4) is 16.9 Å². The number of nitrogens with two attached hydrogens (primary N) is 1. The number of anilines is 1. The number of allylic oxidation sites excluding steroid dienone is 1. The second-order valence-electron chi connectivity index (χ2n) is 4.93. The van der Waals surface area contributed by atoms with Crippen LogP contribution in [-0.2, 0) is 6.42 Å². The molecule has 2 aromatic rings. The maximum Gasteiger partial charge on any atom is 0.118 e. The molecule has 22 heavy (non-hydrogen) atoms. The lowest BCUT2D eigenvalue weighted by Crippen LogP contribution is -1.95. The van der Waals surface area contributed by atoms with Crippen molar-refractivity contribution in [1.82, 2.24) is 0 Å². The van der Waals surface area contributed by atoms with E-state index < -0.39 is 0 Å². The number of ether oxygens (including phenoxy) is 1. The largest absolute Gasteiger partial charge is 0.497 e. The summed E-state index contributed by atoms with van der Waals surface area (Å²) in [6, 6.07) is 12.3. The molecule has 0 aliphatic heterocycles. The van der Waals surface area contributed by atoms with Crippen molar-refractivity contribution in [3.63, 3.8) is 0 Å². The maximum absolute atomic E-state index is 6.17. The molecule has 0 unspecified atom stereocenters. The van der Waals surface area contributed by atoms with Crippen molar-refractivity contribution >= 4 is 21.6 Å². The van der Waals surface area contributed by atoms with Gasteiger partial charge in [-0.1, -0.05) is 31.6 Å². The van der Waals surface area contributed by atoms with Gasteiger partial charge < -0.3 is 10.5 Å². The second-order valence-corrected chi connectivity index (χ2v) is 5.78. The van der Waals surface area contributed by atoms with Gasteiger partial charge in [0.15, 0.2) is 0 Å². The molecule has 0 fully saturated rings. The smallest absolute Gasteiger partial charge is 0.118 e. The fourth-order valence-corrected chi connectivity index (χ4v) is 2.62. The highest BCUT2D eigenvalue weighted by Gasteiger charge is 2.08. The second kappa shape index (κ2) is 9.31. The summed E-state index contributed by atoms with van der Waals surface area (Å²) in [4.78, 5) is 0. The normalized spacial score (nSPS) is 9.64. The minimum atomic E-state index is 0.782. The molecule has 0 saturated carbocycles. The molecule has 0 radical (unpaired) electrons. The average molecular weight is 362 g/mol. The van der Waals surface area contributed by atoms with Gasteiger partial charge in [0.05, 0.1) is 12.8 Å². The van der Waals surface area contributed by atoms with E-state index in [1.165, 1.54) is 5.56 Å². The molecule has 2 N–H and O–H groups in total. The van der Waals surface area contributed by atoms with Gasteiger partial charge in [0.1, 0.15) is 5.75 Å². The summed E-state index contributed by atoms with van der Waals surface area (Å²) in [5, 5.41) is 0. The van der Waals surface area contributed by atoms with Crippen LogP contribution >= 0.6 is 15.9 Å². The fourth-order valence-electron chi connectivity index (χ4n) is 2.12. The Balaban J connectivity index is 0.000000745. The van der Waals surface area contributed by atoms with Crippen molar-refractivity contribution in [1.29, 1.82) is 0 Å². The van der Waals surface area contributed by atoms with E-state index in [2.05, 4.69) is 41.6 Å². The maximum atomic E-state index is 6.17. The molecular formula is C19H24BrNO. The molecule has 0 aromatic heterocycles. The molecule has 2 rings (SSSR count). The van der Waals surface area contributed by atoms with E-state index in [1.54, 1.807) is 13.2 Å². The topological polar surface area (TPSA) is 35.2 Å². The Kier molecular flexibility index (Phi) is 7.75.